The average molecular weight is 700 g/mol. The van der Waals surface area contributed by atoms with Crippen molar-refractivity contribution in [3.05, 3.63) is 57.6 Å². The van der Waals surface area contributed by atoms with E-state index in [4.69, 9.17) is 6.15 Å². The van der Waals surface area contributed by atoms with Gasteiger partial charge in [0.25, 0.3) is 0 Å². The summed E-state index contributed by atoms with van der Waals surface area (Å²) in [6.07, 6.45) is 22.5. The third-order valence-corrected chi connectivity index (χ3v) is 19.2. The molecule has 3 heteroatoms. The van der Waals surface area contributed by atoms with Crippen LogP contribution in [0.1, 0.15) is 165 Å². The van der Waals surface area contributed by atoms with E-state index >= 15 is 0 Å². The third kappa shape index (κ3) is 12.3. The minimum absolute atomic E-state index is 1.06. The van der Waals surface area contributed by atoms with Crippen molar-refractivity contribution in [1.82, 2.24) is 0 Å². The number of unbranched alkanes of at least 4 members (excludes halogenated alkanes) is 10. The van der Waals surface area contributed by atoms with Crippen LogP contribution < -0.4 is 6.15 Å². The van der Waals surface area contributed by atoms with Crippen LogP contribution in [0.25, 0.3) is 0 Å². The molecule has 0 N–H and O–H groups in total. The van der Waals surface area contributed by atoms with E-state index in [2.05, 4.69) is 79.7 Å². The van der Waals surface area contributed by atoms with Crippen molar-refractivity contribution >= 4 is 19.2 Å². The summed E-state index contributed by atoms with van der Waals surface area (Å²) in [4.78, 5) is 0. The number of hydrogen-bond donors (Lipinski definition) is 0. The van der Waals surface area contributed by atoms with Gasteiger partial charge >= 0.3 is 274 Å². The van der Waals surface area contributed by atoms with E-state index in [-0.39, 0.29) is 0 Å². The predicted molar refractivity (Wildman–Crippen MR) is 192 cm³/mol. The Balaban J connectivity index is 2.51. The Bertz CT molecular complexity index is 960. The van der Waals surface area contributed by atoms with Gasteiger partial charge in [-0.15, -0.1) is 0 Å². The molecule has 0 fully saturated rings. The van der Waals surface area contributed by atoms with Crippen LogP contribution in [-0.2, 0) is 25.7 Å². The van der Waals surface area contributed by atoms with Gasteiger partial charge in [-0.2, -0.15) is 0 Å². The molecule has 0 saturated carbocycles. The molecular formula is C40H68O2Sn. The molecule has 2 nitrogen and oxygen atoms in total. The van der Waals surface area contributed by atoms with Gasteiger partial charge in [-0.3, -0.25) is 0 Å². The minimum atomic E-state index is -3.63. The SMILES string of the molecule is CCCCCCC[CH2][Sn]([CH2]CCCCCCC)([O]c1ccc(CCC)c(CC)c1C)[O]c1ccc(CCC)c(CC)c1C. The summed E-state index contributed by atoms with van der Waals surface area (Å²) in [6.45, 7) is 18.4. The molecule has 0 aromatic heterocycles. The van der Waals surface area contributed by atoms with Crippen LogP contribution in [0.2, 0.25) is 8.87 Å². The molecule has 2 aromatic rings. The Morgan fingerprint density at radius 1 is 0.465 bits per heavy atom. The maximum absolute atomic E-state index is 7.46. The first kappa shape index (κ1) is 38.0. The Labute approximate surface area is 273 Å². The van der Waals surface area contributed by atoms with Crippen molar-refractivity contribution in [2.24, 2.45) is 0 Å². The summed E-state index contributed by atoms with van der Waals surface area (Å²) in [5.74, 6) is 2.22. The van der Waals surface area contributed by atoms with E-state index in [1.807, 2.05) is 0 Å². The zero-order valence-electron chi connectivity index (χ0n) is 29.8. The fraction of sp³-hybridized carbons (Fsp3) is 0.700. The van der Waals surface area contributed by atoms with E-state index in [0.29, 0.717) is 0 Å². The van der Waals surface area contributed by atoms with Crippen LogP contribution in [0.15, 0.2) is 24.3 Å². The second kappa shape index (κ2) is 21.6. The molecule has 43 heavy (non-hydrogen) atoms. The van der Waals surface area contributed by atoms with Gasteiger partial charge in [0.15, 0.2) is 0 Å². The van der Waals surface area contributed by atoms with Gasteiger partial charge < -0.3 is 0 Å². The fourth-order valence-electron chi connectivity index (χ4n) is 6.90. The molecule has 2 aromatic carbocycles. The fourth-order valence-corrected chi connectivity index (χ4v) is 16.9. The summed E-state index contributed by atoms with van der Waals surface area (Å²) in [5.41, 5.74) is 8.69. The molecule has 0 aliphatic heterocycles. The van der Waals surface area contributed by atoms with Gasteiger partial charge in [0.05, 0.1) is 0 Å². The van der Waals surface area contributed by atoms with Crippen LogP contribution in [-0.4, -0.2) is 19.2 Å². The molecule has 0 heterocycles. The van der Waals surface area contributed by atoms with E-state index in [1.54, 1.807) is 0 Å². The standard InChI is InChI=1S/2C12H18O.2C8H17.Sn/c2*1-4-6-10-7-8-12(13)9(3)11(10)5-2;2*1-3-5-7-8-6-4-2;/h2*7-8,13H,4-6H2,1-3H3;2*1,3-8H2,2H3;/q;;;;+2/p-2. The quantitative estimate of drug-likeness (QED) is 0.0802. The molecule has 0 saturated heterocycles. The Kier molecular flexibility index (Phi) is 19.1. The van der Waals surface area contributed by atoms with Crippen LogP contribution in [0.5, 0.6) is 11.5 Å². The first-order valence-corrected chi connectivity index (χ1v) is 24.9. The Morgan fingerprint density at radius 2 is 0.837 bits per heavy atom. The molecule has 0 bridgehead atoms. The molecular weight excluding hydrogens is 631 g/mol. The van der Waals surface area contributed by atoms with Crippen molar-refractivity contribution in [2.45, 2.75) is 180 Å². The summed E-state index contributed by atoms with van der Waals surface area (Å²) < 4.78 is 17.2. The second-order valence-corrected chi connectivity index (χ2v) is 22.2. The van der Waals surface area contributed by atoms with Gasteiger partial charge in [-0.1, -0.05) is 0 Å². The third-order valence-electron chi connectivity index (χ3n) is 9.45. The Hall–Kier alpha value is -1.16. The van der Waals surface area contributed by atoms with Crippen LogP contribution in [0.3, 0.4) is 0 Å². The summed E-state index contributed by atoms with van der Waals surface area (Å²) in [5, 5.41) is 0. The van der Waals surface area contributed by atoms with E-state index in [0.717, 1.165) is 46.1 Å². The first-order chi connectivity index (χ1) is 20.9. The zero-order valence-corrected chi connectivity index (χ0v) is 32.6. The van der Waals surface area contributed by atoms with Crippen LogP contribution in [0, 0.1) is 13.8 Å². The van der Waals surface area contributed by atoms with Crippen molar-refractivity contribution in [3.63, 3.8) is 0 Å². The summed E-state index contributed by atoms with van der Waals surface area (Å²) in [7, 11) is 0. The Morgan fingerprint density at radius 3 is 1.19 bits per heavy atom. The van der Waals surface area contributed by atoms with Gasteiger partial charge in [0, 0.05) is 0 Å². The normalized spacial score (nSPS) is 11.7. The summed E-state index contributed by atoms with van der Waals surface area (Å²) in [6, 6.07) is 9.31. The van der Waals surface area contributed by atoms with E-state index in [9.17, 15) is 0 Å². The number of rotatable bonds is 24. The van der Waals surface area contributed by atoms with Gasteiger partial charge in [-0.25, -0.2) is 0 Å². The van der Waals surface area contributed by atoms with Crippen molar-refractivity contribution < 1.29 is 6.15 Å². The van der Waals surface area contributed by atoms with Crippen LogP contribution >= 0.6 is 0 Å². The topological polar surface area (TPSA) is 18.5 Å². The van der Waals surface area contributed by atoms with E-state index in [1.165, 1.54) is 123 Å². The monoisotopic (exact) mass is 700 g/mol. The number of hydrogen-bond acceptors (Lipinski definition) is 2. The molecule has 244 valence electrons. The molecule has 2 rings (SSSR count). The van der Waals surface area contributed by atoms with E-state index < -0.39 is 19.2 Å². The number of benzene rings is 2. The van der Waals surface area contributed by atoms with Gasteiger partial charge in [-0.05, 0) is 0 Å². The maximum atomic E-state index is 7.46. The summed E-state index contributed by atoms with van der Waals surface area (Å²) >= 11 is -3.63. The molecule has 0 amide bonds. The predicted octanol–water partition coefficient (Wildman–Crippen LogP) is 13.0. The molecule has 0 radical (unpaired) electrons. The molecule has 0 atom stereocenters. The zero-order chi connectivity index (χ0) is 31.5. The molecule has 0 aliphatic rings. The first-order valence-electron chi connectivity index (χ1n) is 18.5. The van der Waals surface area contributed by atoms with Gasteiger partial charge in [0.2, 0.25) is 0 Å². The molecule has 0 aliphatic carbocycles. The van der Waals surface area contributed by atoms with Crippen molar-refractivity contribution in [2.75, 3.05) is 0 Å². The van der Waals surface area contributed by atoms with Gasteiger partial charge in [0.1, 0.15) is 0 Å². The van der Waals surface area contributed by atoms with Crippen molar-refractivity contribution in [3.8, 4) is 11.5 Å². The van der Waals surface area contributed by atoms with Crippen molar-refractivity contribution in [1.29, 1.82) is 0 Å². The average Bonchev–Trinajstić information content (AvgIpc) is 3.00. The number of aryl methyl sites for hydroxylation is 2. The molecule has 0 unspecified atom stereocenters. The molecule has 0 spiro atoms. The second-order valence-electron chi connectivity index (χ2n) is 13.0. The van der Waals surface area contributed by atoms with Crippen LogP contribution in [0.4, 0.5) is 0 Å².